The molecule has 1 amide bonds. The minimum Gasteiger partial charge on any atom is -0.324 e. The van der Waals surface area contributed by atoms with Crippen LogP contribution in [-0.4, -0.2) is 46.1 Å². The Bertz CT molecular complexity index is 1390. The number of fused-ring (bicyclic) bond motifs is 2. The number of carbonyl (C=O) groups excluding carboxylic acids is 3. The molecule has 0 aromatic heterocycles. The van der Waals surface area contributed by atoms with E-state index >= 15 is 0 Å². The van der Waals surface area contributed by atoms with Gasteiger partial charge in [0.15, 0.2) is 0 Å². The first kappa shape index (κ1) is 37.1. The molecule has 0 radical (unpaired) electrons. The average Bonchev–Trinajstić information content (AvgIpc) is 3.01. The Balaban J connectivity index is 1.22. The van der Waals surface area contributed by atoms with Crippen LogP contribution >= 0.6 is 29.2 Å². The van der Waals surface area contributed by atoms with Crippen LogP contribution in [0.25, 0.3) is 0 Å². The summed E-state index contributed by atoms with van der Waals surface area (Å²) in [5, 5.41) is 0. The molecule has 0 saturated carbocycles. The summed E-state index contributed by atoms with van der Waals surface area (Å²) in [5.41, 5.74) is 3.12. The largest absolute Gasteiger partial charge is 0.330 e. The molecule has 2 aromatic rings. The van der Waals surface area contributed by atoms with Crippen LogP contribution in [0.3, 0.4) is 0 Å². The lowest BCUT2D eigenvalue weighted by molar-refractivity contribution is -0.124. The summed E-state index contributed by atoms with van der Waals surface area (Å²) >= 11 is 0. The van der Waals surface area contributed by atoms with E-state index in [0.717, 1.165) is 72.4 Å². The predicted molar refractivity (Wildman–Crippen MR) is 187 cm³/mol. The number of amides is 1. The van der Waals surface area contributed by atoms with E-state index in [-0.39, 0.29) is 36.0 Å². The molecule has 1 aliphatic rings. The number of unbranched alkanes of at least 4 members (excludes halogenated alkanes) is 4. The molecule has 3 rings (SSSR count). The highest BCUT2D eigenvalue weighted by atomic mass is 33.1. The zero-order chi connectivity index (χ0) is 32.5. The number of ketones is 2. The highest BCUT2D eigenvalue weighted by Gasteiger charge is 2.24. The SMILES string of the molecule is CC(C)P(=O)(O)OCCCCCCCC(=O)CCSSCCCC(=O)CCC(=O)N1Cc2ccccc2C#Cc2ccccc21. The van der Waals surface area contributed by atoms with Crippen LogP contribution in [0.1, 0.15) is 101 Å². The summed E-state index contributed by atoms with van der Waals surface area (Å²) in [5.74, 6) is 8.33. The first-order valence-electron chi connectivity index (χ1n) is 15.9. The topological polar surface area (TPSA) is 101 Å². The second-order valence-corrected chi connectivity index (χ2v) is 16.6. The lowest BCUT2D eigenvalue weighted by Crippen LogP contribution is -2.32. The molecule has 1 aliphatic heterocycles. The Morgan fingerprint density at radius 2 is 1.42 bits per heavy atom. The Morgan fingerprint density at radius 1 is 0.800 bits per heavy atom. The van der Waals surface area contributed by atoms with E-state index in [2.05, 4.69) is 11.8 Å². The second kappa shape index (κ2) is 20.0. The number of Topliss-reactive ketones (excluding diaryl/α,β-unsaturated/α-hetero) is 2. The minimum atomic E-state index is -3.47. The van der Waals surface area contributed by atoms with Crippen molar-refractivity contribution < 1.29 is 28.4 Å². The maximum atomic E-state index is 13.3. The van der Waals surface area contributed by atoms with Crippen LogP contribution < -0.4 is 4.90 Å². The Hall–Kier alpha value is -2.34. The third kappa shape index (κ3) is 13.5. The summed E-state index contributed by atoms with van der Waals surface area (Å²) < 4.78 is 16.8. The van der Waals surface area contributed by atoms with Crippen LogP contribution in [0, 0.1) is 11.8 Å². The second-order valence-electron chi connectivity index (χ2n) is 11.5. The smallest absolute Gasteiger partial charge is 0.324 e. The van der Waals surface area contributed by atoms with Crippen molar-refractivity contribution in [2.75, 3.05) is 23.0 Å². The lowest BCUT2D eigenvalue weighted by Gasteiger charge is -2.26. The molecule has 7 nitrogen and oxygen atoms in total. The van der Waals surface area contributed by atoms with Gasteiger partial charge in [0.1, 0.15) is 11.6 Å². The quantitative estimate of drug-likeness (QED) is 0.0612. The van der Waals surface area contributed by atoms with E-state index in [1.54, 1.807) is 40.3 Å². The number of rotatable bonds is 21. The Labute approximate surface area is 276 Å². The monoisotopic (exact) mass is 671 g/mol. The van der Waals surface area contributed by atoms with Crippen molar-refractivity contribution in [3.63, 3.8) is 0 Å². The average molecular weight is 672 g/mol. The van der Waals surface area contributed by atoms with Gasteiger partial charge in [-0.15, -0.1) is 0 Å². The number of anilines is 1. The van der Waals surface area contributed by atoms with Crippen molar-refractivity contribution in [3.8, 4) is 11.8 Å². The Kier molecular flexibility index (Phi) is 16.5. The van der Waals surface area contributed by atoms with E-state index in [4.69, 9.17) is 4.52 Å². The zero-order valence-corrected chi connectivity index (χ0v) is 29.0. The van der Waals surface area contributed by atoms with Crippen molar-refractivity contribution in [1.29, 1.82) is 0 Å². The van der Waals surface area contributed by atoms with Gasteiger partial charge in [0.25, 0.3) is 0 Å². The number of hydrogen-bond acceptors (Lipinski definition) is 7. The van der Waals surface area contributed by atoms with Gasteiger partial charge < -0.3 is 14.3 Å². The number of benzene rings is 2. The molecule has 1 heterocycles. The molecule has 1 atom stereocenters. The van der Waals surface area contributed by atoms with Crippen molar-refractivity contribution in [2.45, 2.75) is 96.7 Å². The molecule has 0 aliphatic carbocycles. The third-order valence-electron chi connectivity index (χ3n) is 7.55. The van der Waals surface area contributed by atoms with Gasteiger partial charge in [-0.1, -0.05) is 96.9 Å². The molecular weight excluding hydrogens is 625 g/mol. The van der Waals surface area contributed by atoms with Crippen molar-refractivity contribution in [1.82, 2.24) is 0 Å². The van der Waals surface area contributed by atoms with E-state index in [1.807, 2.05) is 48.5 Å². The molecule has 0 saturated heterocycles. The van der Waals surface area contributed by atoms with Crippen LogP contribution in [0.15, 0.2) is 48.5 Å². The van der Waals surface area contributed by atoms with Crippen molar-refractivity contribution in [2.24, 2.45) is 0 Å². The molecule has 244 valence electrons. The first-order valence-corrected chi connectivity index (χ1v) is 20.0. The molecule has 45 heavy (non-hydrogen) atoms. The van der Waals surface area contributed by atoms with Gasteiger partial charge in [0, 0.05) is 54.7 Å². The van der Waals surface area contributed by atoms with Gasteiger partial charge in [0.2, 0.25) is 5.91 Å². The molecular formula is C35H46NO6PS2. The van der Waals surface area contributed by atoms with E-state index in [9.17, 15) is 23.8 Å². The number of carbonyl (C=O) groups is 3. The van der Waals surface area contributed by atoms with Crippen molar-refractivity contribution >= 4 is 52.3 Å². The zero-order valence-electron chi connectivity index (χ0n) is 26.5. The third-order valence-corrected chi connectivity index (χ3v) is 11.9. The molecule has 0 fully saturated rings. The number of hydrogen-bond donors (Lipinski definition) is 1. The van der Waals surface area contributed by atoms with Gasteiger partial charge in [-0.25, -0.2) is 0 Å². The van der Waals surface area contributed by atoms with Crippen LogP contribution in [-0.2, 0) is 30.0 Å². The summed E-state index contributed by atoms with van der Waals surface area (Å²) in [7, 11) is -0.106. The molecule has 0 spiro atoms. The fourth-order valence-corrected chi connectivity index (χ4v) is 7.55. The van der Waals surface area contributed by atoms with Gasteiger partial charge in [-0.2, -0.15) is 0 Å². The Morgan fingerprint density at radius 3 is 2.22 bits per heavy atom. The molecule has 2 aromatic carbocycles. The van der Waals surface area contributed by atoms with Crippen LogP contribution in [0.4, 0.5) is 5.69 Å². The fraction of sp³-hybridized carbons (Fsp3) is 0.514. The summed E-state index contributed by atoms with van der Waals surface area (Å²) in [6.45, 7) is 4.09. The van der Waals surface area contributed by atoms with E-state index in [1.165, 1.54) is 0 Å². The first-order chi connectivity index (χ1) is 21.7. The standard InChI is InChI=1S/C35H46NO6PS2/c1-28(2)43(40,41)42-24-11-5-3-4-6-16-33(38)23-26-45-44-25-12-17-32(37)21-22-35(39)36-27-31-15-8-7-13-29(31)19-20-30-14-9-10-18-34(30)36/h7-10,13-15,18,28H,3-6,11-12,16-17,21-27H2,1-2H3,(H,40,41). The van der Waals surface area contributed by atoms with Gasteiger partial charge in [0.05, 0.1) is 24.5 Å². The van der Waals surface area contributed by atoms with E-state index in [0.29, 0.717) is 32.4 Å². The van der Waals surface area contributed by atoms with Crippen LogP contribution in [0.5, 0.6) is 0 Å². The molecule has 1 unspecified atom stereocenters. The number of para-hydroxylation sites is 1. The molecule has 10 heteroatoms. The van der Waals surface area contributed by atoms with E-state index < -0.39 is 7.60 Å². The minimum absolute atomic E-state index is 0.0734. The highest BCUT2D eigenvalue weighted by molar-refractivity contribution is 8.76. The maximum Gasteiger partial charge on any atom is 0.330 e. The fourth-order valence-electron chi connectivity index (χ4n) is 4.74. The van der Waals surface area contributed by atoms with Gasteiger partial charge in [-0.05, 0) is 43.0 Å². The van der Waals surface area contributed by atoms with Crippen molar-refractivity contribution in [3.05, 3.63) is 65.2 Å². The molecule has 1 N–H and O–H groups in total. The summed E-state index contributed by atoms with van der Waals surface area (Å²) in [6, 6.07) is 15.5. The predicted octanol–water partition coefficient (Wildman–Crippen LogP) is 8.35. The van der Waals surface area contributed by atoms with Gasteiger partial charge in [-0.3, -0.25) is 18.9 Å². The summed E-state index contributed by atoms with van der Waals surface area (Å²) in [6.07, 6.45) is 7.28. The summed E-state index contributed by atoms with van der Waals surface area (Å²) in [4.78, 5) is 49.4. The van der Waals surface area contributed by atoms with Gasteiger partial charge >= 0.3 is 7.60 Å². The normalized spacial score (nSPS) is 13.6. The van der Waals surface area contributed by atoms with Crippen LogP contribution in [0.2, 0.25) is 0 Å². The number of nitrogens with zero attached hydrogens (tertiary/aromatic N) is 1. The lowest BCUT2D eigenvalue weighted by atomic mass is 10.0. The molecule has 0 bridgehead atoms. The highest BCUT2D eigenvalue weighted by Crippen LogP contribution is 2.47. The maximum absolute atomic E-state index is 13.3.